The van der Waals surface area contributed by atoms with E-state index in [1.165, 1.54) is 10.9 Å². The van der Waals surface area contributed by atoms with Gasteiger partial charge in [0.25, 0.3) is 0 Å². The number of aromatic nitrogens is 3. The quantitative estimate of drug-likeness (QED) is 0.431. The highest BCUT2D eigenvalue weighted by Crippen LogP contribution is 1.97. The SMILES string of the molecule is CCn1ncc(NCCCCC=N)nc1=O.N.O=O.O=O.O=O.O=O.O=O.[HH]. The molecule has 1 aromatic heterocycles. The Bertz CT molecular complexity index is 472. The molecule has 0 saturated carbocycles. The Morgan fingerprint density at radius 2 is 1.52 bits per heavy atom. The van der Waals surface area contributed by atoms with Gasteiger partial charge in [-0.1, -0.05) is 0 Å². The Morgan fingerprint density at radius 1 is 1.04 bits per heavy atom. The third-order valence-electron chi connectivity index (χ3n) is 2.14. The smallest absolute Gasteiger partial charge is 0.365 e. The molecule has 17 nitrogen and oxygen atoms in total. The molecular formula is C10H22N6O11. The van der Waals surface area contributed by atoms with Crippen LogP contribution in [0.5, 0.6) is 0 Å². The number of rotatable bonds is 7. The Hall–Kier alpha value is -3.76. The van der Waals surface area contributed by atoms with Crippen LogP contribution in [0, 0.1) is 55.1 Å². The van der Waals surface area contributed by atoms with Crippen molar-refractivity contribution in [2.24, 2.45) is 0 Å². The Kier molecular flexibility index (Phi) is 61.9. The highest BCUT2D eigenvalue weighted by Gasteiger charge is 1.98. The normalized spacial score (nSPS) is 6.70. The highest BCUT2D eigenvalue weighted by atomic mass is 16.7. The van der Waals surface area contributed by atoms with Crippen LogP contribution < -0.4 is 17.2 Å². The first-order valence-corrected chi connectivity index (χ1v) is 6.28. The second-order valence-electron chi connectivity index (χ2n) is 3.37. The molecule has 0 unspecified atom stereocenters. The van der Waals surface area contributed by atoms with Crippen molar-refractivity contribution in [3.05, 3.63) is 66.3 Å². The maximum atomic E-state index is 11.3. The van der Waals surface area contributed by atoms with E-state index in [1.807, 2.05) is 6.92 Å². The molecule has 0 bridgehead atoms. The molecule has 0 aliphatic carbocycles. The summed E-state index contributed by atoms with van der Waals surface area (Å²) in [5.74, 6) is 0.518. The molecule has 0 aliphatic rings. The van der Waals surface area contributed by atoms with Crippen LogP contribution in [0.3, 0.4) is 0 Å². The van der Waals surface area contributed by atoms with Crippen molar-refractivity contribution in [1.29, 1.82) is 5.41 Å². The molecule has 5 N–H and O–H groups in total. The summed E-state index contributed by atoms with van der Waals surface area (Å²) in [5, 5.41) is 13.9. The number of hydrogen-bond donors (Lipinski definition) is 3. The molecule has 17 heteroatoms. The molecule has 27 heavy (non-hydrogen) atoms. The maximum absolute atomic E-state index is 11.3. The lowest BCUT2D eigenvalue weighted by atomic mass is 10.2. The van der Waals surface area contributed by atoms with Crippen molar-refractivity contribution in [3.8, 4) is 0 Å². The summed E-state index contributed by atoms with van der Waals surface area (Å²) in [6, 6.07) is 0. The minimum atomic E-state index is -0.327. The molecule has 0 aromatic carbocycles. The van der Waals surface area contributed by atoms with Crippen LogP contribution in [0.2, 0.25) is 0 Å². The molecule has 0 aliphatic heterocycles. The first kappa shape index (κ1) is 38.7. The summed E-state index contributed by atoms with van der Waals surface area (Å²) in [5.41, 5.74) is -0.327. The first-order valence-electron chi connectivity index (χ1n) is 6.28. The number of nitrogens with one attached hydrogen (secondary N) is 2. The van der Waals surface area contributed by atoms with Gasteiger partial charge in [0, 0.05) is 64.2 Å². The molecule has 1 rings (SSSR count). The second-order valence-corrected chi connectivity index (χ2v) is 3.37. The molecule has 0 amide bonds. The van der Waals surface area contributed by atoms with Crippen molar-refractivity contribution in [2.45, 2.75) is 32.7 Å². The van der Waals surface area contributed by atoms with Gasteiger partial charge in [0.05, 0.1) is 6.20 Å². The highest BCUT2D eigenvalue weighted by molar-refractivity contribution is 5.52. The van der Waals surface area contributed by atoms with Crippen molar-refractivity contribution in [2.75, 3.05) is 11.9 Å². The summed E-state index contributed by atoms with van der Waals surface area (Å²) < 4.78 is 1.31. The van der Waals surface area contributed by atoms with E-state index in [0.717, 1.165) is 25.8 Å². The predicted octanol–water partition coefficient (Wildman–Crippen LogP) is 1.63. The van der Waals surface area contributed by atoms with E-state index in [2.05, 4.69) is 15.4 Å². The molecule has 1 aromatic rings. The van der Waals surface area contributed by atoms with Crippen molar-refractivity contribution < 1.29 is 1.43 Å². The van der Waals surface area contributed by atoms with Crippen LogP contribution in [-0.4, -0.2) is 27.5 Å². The number of unbranched alkanes of at least 4 members (excludes halogenated alkanes) is 2. The number of aryl methyl sites for hydroxylation is 1. The largest absolute Gasteiger partial charge is 0.369 e. The maximum Gasteiger partial charge on any atom is 0.365 e. The van der Waals surface area contributed by atoms with Gasteiger partial charge in [-0.05, 0) is 32.4 Å². The Balaban J connectivity index is -0.0000000641. The topological polar surface area (TPSA) is 289 Å². The van der Waals surface area contributed by atoms with Gasteiger partial charge in [-0.2, -0.15) is 10.1 Å². The van der Waals surface area contributed by atoms with Gasteiger partial charge in [-0.15, -0.1) is 0 Å². The minimum Gasteiger partial charge on any atom is -0.369 e. The molecule has 0 atom stereocenters. The van der Waals surface area contributed by atoms with E-state index in [0.29, 0.717) is 12.4 Å². The molecule has 0 spiro atoms. The summed E-state index contributed by atoms with van der Waals surface area (Å²) in [4.78, 5) is 85.2. The standard InChI is InChI=1S/C10H17N5O.H3N.5O2.H2/c1-2-15-10(16)14-9(8-13-15)12-7-5-3-4-6-11;;5*1-2;/h6,8,11H,2-5,7H2,1H3,(H,12,14,16);1H3;;;;;;1H. The summed E-state index contributed by atoms with van der Waals surface area (Å²) in [6.45, 7) is 3.13. The first-order chi connectivity index (χ1) is 12.8. The molecule has 1 heterocycles. The molecular weight excluding hydrogens is 380 g/mol. The van der Waals surface area contributed by atoms with Crippen molar-refractivity contribution in [1.82, 2.24) is 20.9 Å². The molecule has 0 saturated heterocycles. The van der Waals surface area contributed by atoms with Gasteiger partial charge in [-0.25, -0.2) is 9.48 Å². The van der Waals surface area contributed by atoms with Crippen LogP contribution in [-0.2, 0) is 6.54 Å². The van der Waals surface area contributed by atoms with Gasteiger partial charge >= 0.3 is 5.69 Å². The third-order valence-corrected chi connectivity index (χ3v) is 2.14. The summed E-state index contributed by atoms with van der Waals surface area (Å²) in [6.07, 6.45) is 5.68. The van der Waals surface area contributed by atoms with Crippen LogP contribution >= 0.6 is 0 Å². The lowest BCUT2D eigenvalue weighted by Crippen LogP contribution is -2.25. The number of nitrogens with zero attached hydrogens (tertiary/aromatic N) is 3. The average molecular weight is 402 g/mol. The van der Waals surface area contributed by atoms with Gasteiger partial charge in [0.15, 0.2) is 5.82 Å². The predicted molar refractivity (Wildman–Crippen MR) is 104 cm³/mol. The lowest BCUT2D eigenvalue weighted by molar-refractivity contribution is 0.593. The van der Waals surface area contributed by atoms with Gasteiger partial charge in [-0.3, -0.25) is 0 Å². The second kappa shape index (κ2) is 43.2. The molecule has 0 radical (unpaired) electrons. The van der Waals surface area contributed by atoms with Gasteiger partial charge in [0.1, 0.15) is 0 Å². The number of hydrogen-bond acceptors (Lipinski definition) is 16. The van der Waals surface area contributed by atoms with E-state index in [9.17, 15) is 4.79 Å². The minimum absolute atomic E-state index is 0. The summed E-state index contributed by atoms with van der Waals surface area (Å²) in [7, 11) is 0. The van der Waals surface area contributed by atoms with Crippen molar-refractivity contribution in [3.63, 3.8) is 0 Å². The Labute approximate surface area is 152 Å². The zero-order valence-electron chi connectivity index (χ0n) is 14.2. The van der Waals surface area contributed by atoms with Gasteiger partial charge < -0.3 is 16.9 Å². The summed E-state index contributed by atoms with van der Waals surface area (Å²) >= 11 is 0. The van der Waals surface area contributed by atoms with Crippen LogP contribution in [0.25, 0.3) is 0 Å². The van der Waals surface area contributed by atoms with E-state index in [-0.39, 0.29) is 13.3 Å². The van der Waals surface area contributed by atoms with E-state index in [4.69, 9.17) is 55.1 Å². The monoisotopic (exact) mass is 402 g/mol. The zero-order chi connectivity index (χ0) is 21.8. The van der Waals surface area contributed by atoms with Crippen LogP contribution in [0.4, 0.5) is 5.82 Å². The van der Waals surface area contributed by atoms with Gasteiger partial charge in [0.2, 0.25) is 0 Å². The average Bonchev–Trinajstić information content (AvgIpc) is 2.75. The van der Waals surface area contributed by atoms with E-state index in [1.54, 1.807) is 6.20 Å². The van der Waals surface area contributed by atoms with Crippen LogP contribution in [0.1, 0.15) is 27.6 Å². The lowest BCUT2D eigenvalue weighted by Gasteiger charge is -2.04. The molecule has 0 fully saturated rings. The third kappa shape index (κ3) is 27.4. The Morgan fingerprint density at radius 3 is 1.89 bits per heavy atom. The molecule has 158 valence electrons. The van der Waals surface area contributed by atoms with Crippen LogP contribution in [0.15, 0.2) is 11.0 Å². The fourth-order valence-corrected chi connectivity index (χ4v) is 1.25. The fourth-order valence-electron chi connectivity index (χ4n) is 1.25. The van der Waals surface area contributed by atoms with E-state index >= 15 is 0 Å². The fraction of sp³-hybridized carbons (Fsp3) is 0.600. The zero-order valence-corrected chi connectivity index (χ0v) is 14.2. The number of anilines is 1. The van der Waals surface area contributed by atoms with E-state index < -0.39 is 0 Å². The van der Waals surface area contributed by atoms with Crippen molar-refractivity contribution >= 4 is 12.0 Å².